The number of alkyl halides is 6. The normalized spacial score (nSPS) is 12.8. The molecule has 0 aromatic heterocycles. The molecule has 2 aromatic carbocycles. The van der Waals surface area contributed by atoms with Gasteiger partial charge in [0.2, 0.25) is 0 Å². The standard InChI is InChI=1S/C16H10F6N2O5S2/c17-15(18,19)30-10-3-1-2-9(6-10)23-14(25)8-29-13-5-4-11(7-12(13)24(26)27)31(28)16(20,21)22/h1-7H,8H2,(H,23,25)/t31-/m0/s1. The highest BCUT2D eigenvalue weighted by atomic mass is 32.2. The SMILES string of the molecule is O=C(COc1ccc([S@](=O)C(F)(F)F)cc1[N+](=O)[O-])Nc1cccc(SC(F)(F)F)c1. The van der Waals surface area contributed by atoms with Crippen molar-refractivity contribution in [2.45, 2.75) is 20.8 Å². The van der Waals surface area contributed by atoms with Crippen LogP contribution in [-0.2, 0) is 15.6 Å². The first kappa shape index (κ1) is 24.5. The van der Waals surface area contributed by atoms with Crippen molar-refractivity contribution in [3.8, 4) is 5.75 Å². The van der Waals surface area contributed by atoms with Crippen LogP contribution in [0.3, 0.4) is 0 Å². The van der Waals surface area contributed by atoms with Gasteiger partial charge in [0.25, 0.3) is 5.91 Å². The second-order valence-corrected chi connectivity index (χ2v) is 8.12. The first-order valence-corrected chi connectivity index (χ1v) is 9.78. The fourth-order valence-electron chi connectivity index (χ4n) is 2.12. The number of nitro groups is 1. The summed E-state index contributed by atoms with van der Waals surface area (Å²) >= 11 is -0.400. The summed E-state index contributed by atoms with van der Waals surface area (Å²) in [6, 6.07) is 6.62. The van der Waals surface area contributed by atoms with Gasteiger partial charge in [-0.05, 0) is 42.1 Å². The summed E-state index contributed by atoms with van der Waals surface area (Å²) in [7, 11) is -3.51. The van der Waals surface area contributed by atoms with E-state index in [1.54, 1.807) is 0 Å². The summed E-state index contributed by atoms with van der Waals surface area (Å²) in [6.45, 7) is -0.834. The predicted molar refractivity (Wildman–Crippen MR) is 98.0 cm³/mol. The van der Waals surface area contributed by atoms with E-state index in [0.29, 0.717) is 12.1 Å². The number of thioether (sulfide) groups is 1. The zero-order chi connectivity index (χ0) is 23.4. The van der Waals surface area contributed by atoms with Crippen molar-refractivity contribution < 1.29 is 45.0 Å². The molecule has 0 saturated heterocycles. The number of carbonyl (C=O) groups excluding carboxylic acids is 1. The van der Waals surface area contributed by atoms with Crippen LogP contribution in [-0.4, -0.2) is 32.7 Å². The van der Waals surface area contributed by atoms with Gasteiger partial charge < -0.3 is 10.1 Å². The van der Waals surface area contributed by atoms with Gasteiger partial charge in [-0.1, -0.05) is 6.07 Å². The monoisotopic (exact) mass is 488 g/mol. The van der Waals surface area contributed by atoms with Crippen molar-refractivity contribution in [2.24, 2.45) is 0 Å². The topological polar surface area (TPSA) is 98.5 Å². The van der Waals surface area contributed by atoms with E-state index in [-0.39, 0.29) is 10.6 Å². The molecule has 1 amide bonds. The van der Waals surface area contributed by atoms with E-state index in [1.165, 1.54) is 18.2 Å². The number of rotatable bonds is 7. The third-order valence-corrected chi connectivity index (χ3v) is 5.09. The van der Waals surface area contributed by atoms with Gasteiger partial charge in [-0.2, -0.15) is 26.3 Å². The summed E-state index contributed by atoms with van der Waals surface area (Å²) in [4.78, 5) is 20.9. The van der Waals surface area contributed by atoms with Gasteiger partial charge in [0, 0.05) is 16.6 Å². The number of hydrogen-bond acceptors (Lipinski definition) is 6. The first-order chi connectivity index (χ1) is 14.3. The van der Waals surface area contributed by atoms with Crippen molar-refractivity contribution in [3.63, 3.8) is 0 Å². The minimum atomic E-state index is -5.13. The van der Waals surface area contributed by atoms with Gasteiger partial charge in [0.15, 0.2) is 23.2 Å². The smallest absolute Gasteiger partial charge is 0.475 e. The Bertz CT molecular complexity index is 1010. The average molecular weight is 488 g/mol. The van der Waals surface area contributed by atoms with E-state index in [4.69, 9.17) is 4.74 Å². The van der Waals surface area contributed by atoms with E-state index >= 15 is 0 Å². The molecule has 0 aliphatic heterocycles. The summed E-state index contributed by atoms with van der Waals surface area (Å²) in [5, 5.41) is 13.3. The van der Waals surface area contributed by atoms with Gasteiger partial charge >= 0.3 is 16.7 Å². The summed E-state index contributed by atoms with van der Waals surface area (Å²) in [5.74, 6) is -1.46. The number of nitro benzene ring substituents is 1. The second-order valence-electron chi connectivity index (χ2n) is 5.51. The van der Waals surface area contributed by atoms with Crippen LogP contribution in [0.15, 0.2) is 52.3 Å². The lowest BCUT2D eigenvalue weighted by Crippen LogP contribution is -2.20. The molecule has 2 aromatic rings. The molecule has 0 spiro atoms. The molecule has 31 heavy (non-hydrogen) atoms. The van der Waals surface area contributed by atoms with Gasteiger partial charge in [-0.15, -0.1) is 0 Å². The Balaban J connectivity index is 2.09. The number of carbonyl (C=O) groups is 1. The molecule has 0 fully saturated rings. The first-order valence-electron chi connectivity index (χ1n) is 7.82. The van der Waals surface area contributed by atoms with Crippen LogP contribution in [0, 0.1) is 10.1 Å². The molecule has 0 radical (unpaired) electrons. The maximum atomic E-state index is 12.5. The van der Waals surface area contributed by atoms with Crippen LogP contribution in [0.25, 0.3) is 0 Å². The molecule has 1 N–H and O–H groups in total. The van der Waals surface area contributed by atoms with Crippen molar-refractivity contribution >= 4 is 39.8 Å². The highest BCUT2D eigenvalue weighted by Crippen LogP contribution is 2.37. The largest absolute Gasteiger partial charge is 0.477 e. The van der Waals surface area contributed by atoms with Crippen LogP contribution >= 0.6 is 11.8 Å². The third kappa shape index (κ3) is 7.43. The average Bonchev–Trinajstić information content (AvgIpc) is 2.63. The Morgan fingerprint density at radius 3 is 2.39 bits per heavy atom. The molecule has 0 saturated carbocycles. The van der Waals surface area contributed by atoms with E-state index in [1.807, 2.05) is 0 Å². The Morgan fingerprint density at radius 1 is 1.13 bits per heavy atom. The minimum Gasteiger partial charge on any atom is -0.477 e. The maximum Gasteiger partial charge on any atom is 0.475 e. The Morgan fingerprint density at radius 2 is 1.81 bits per heavy atom. The minimum absolute atomic E-state index is 0.00623. The number of ether oxygens (including phenoxy) is 1. The number of amides is 1. The summed E-state index contributed by atoms with van der Waals surface area (Å²) in [6.07, 6.45) is 0. The van der Waals surface area contributed by atoms with Crippen molar-refractivity contribution in [1.29, 1.82) is 0 Å². The lowest BCUT2D eigenvalue weighted by Gasteiger charge is -2.11. The summed E-state index contributed by atoms with van der Waals surface area (Å²) in [5.41, 5.74) is -10.6. The number of nitrogens with one attached hydrogen (secondary N) is 1. The molecule has 7 nitrogen and oxygen atoms in total. The highest BCUT2D eigenvalue weighted by Gasteiger charge is 2.39. The molecule has 168 valence electrons. The molecule has 0 bridgehead atoms. The summed E-state index contributed by atoms with van der Waals surface area (Å²) < 4.78 is 91.1. The van der Waals surface area contributed by atoms with E-state index < -0.39 is 67.3 Å². The lowest BCUT2D eigenvalue weighted by atomic mass is 10.3. The van der Waals surface area contributed by atoms with Crippen molar-refractivity contribution in [3.05, 3.63) is 52.6 Å². The van der Waals surface area contributed by atoms with Gasteiger partial charge in [0.05, 0.1) is 9.82 Å². The molecular formula is C16H10F6N2O5S2. The third-order valence-electron chi connectivity index (χ3n) is 3.26. The quantitative estimate of drug-likeness (QED) is 0.259. The highest BCUT2D eigenvalue weighted by molar-refractivity contribution is 8.00. The number of anilines is 1. The van der Waals surface area contributed by atoms with Gasteiger partial charge in [-0.3, -0.25) is 14.9 Å². The molecular weight excluding hydrogens is 478 g/mol. The Labute approximate surface area is 176 Å². The second kappa shape index (κ2) is 9.55. The van der Waals surface area contributed by atoms with Crippen LogP contribution in [0.2, 0.25) is 0 Å². The fourth-order valence-corrected chi connectivity index (χ4v) is 3.40. The van der Waals surface area contributed by atoms with Crippen LogP contribution < -0.4 is 10.1 Å². The number of hydrogen-bond donors (Lipinski definition) is 1. The Hall–Kier alpha value is -2.81. The van der Waals surface area contributed by atoms with Crippen molar-refractivity contribution in [1.82, 2.24) is 0 Å². The van der Waals surface area contributed by atoms with E-state index in [0.717, 1.165) is 12.1 Å². The molecule has 0 aliphatic carbocycles. The van der Waals surface area contributed by atoms with Crippen LogP contribution in [0.1, 0.15) is 0 Å². The van der Waals surface area contributed by atoms with E-state index in [2.05, 4.69) is 5.32 Å². The number of nitrogens with zero attached hydrogens (tertiary/aromatic N) is 1. The van der Waals surface area contributed by atoms with Crippen LogP contribution in [0.4, 0.5) is 37.7 Å². The fraction of sp³-hybridized carbons (Fsp3) is 0.188. The molecule has 2 rings (SSSR count). The van der Waals surface area contributed by atoms with Gasteiger partial charge in [-0.25, -0.2) is 4.21 Å². The lowest BCUT2D eigenvalue weighted by molar-refractivity contribution is -0.386. The van der Waals surface area contributed by atoms with Crippen molar-refractivity contribution in [2.75, 3.05) is 11.9 Å². The zero-order valence-electron chi connectivity index (χ0n) is 14.8. The molecule has 0 aliphatic rings. The number of benzene rings is 2. The predicted octanol–water partition coefficient (Wildman–Crippen LogP) is 4.85. The maximum absolute atomic E-state index is 12.5. The van der Waals surface area contributed by atoms with E-state index in [9.17, 15) is 45.5 Å². The Kier molecular flexibility index (Phi) is 7.54. The van der Waals surface area contributed by atoms with Gasteiger partial charge in [0.1, 0.15) is 0 Å². The molecule has 1 atom stereocenters. The molecule has 0 heterocycles. The molecule has 15 heteroatoms. The number of halogens is 6. The molecule has 0 unspecified atom stereocenters. The van der Waals surface area contributed by atoms with Crippen LogP contribution in [0.5, 0.6) is 5.75 Å². The zero-order valence-corrected chi connectivity index (χ0v) is 16.5.